The zero-order chi connectivity index (χ0) is 17.6. The lowest BCUT2D eigenvalue weighted by atomic mass is 10.0. The Bertz CT molecular complexity index is 811. The van der Waals surface area contributed by atoms with E-state index in [1.54, 1.807) is 4.68 Å². The van der Waals surface area contributed by atoms with Crippen LogP contribution in [0.1, 0.15) is 57.1 Å². The summed E-state index contributed by atoms with van der Waals surface area (Å²) in [4.78, 5) is 12.4. The minimum Gasteiger partial charge on any atom is -0.485 e. The molecular weight excluding hydrogens is 320 g/mol. The second-order valence-electron chi connectivity index (χ2n) is 7.37. The van der Waals surface area contributed by atoms with Gasteiger partial charge in [0, 0.05) is 12.0 Å². The highest BCUT2D eigenvalue weighted by Gasteiger charge is 2.32. The first kappa shape index (κ1) is 15.9. The van der Waals surface area contributed by atoms with Gasteiger partial charge >= 0.3 is 6.03 Å². The van der Waals surface area contributed by atoms with Crippen LogP contribution in [0, 0.1) is 0 Å². The molecule has 1 fully saturated rings. The molecule has 132 valence electrons. The number of fused-ring (bicyclic) bond motifs is 1. The van der Waals surface area contributed by atoms with Gasteiger partial charge in [-0.25, -0.2) is 9.48 Å². The van der Waals surface area contributed by atoms with Gasteiger partial charge in [0.05, 0.1) is 17.8 Å². The van der Waals surface area contributed by atoms with Gasteiger partial charge in [0.2, 0.25) is 0 Å². The Morgan fingerprint density at radius 1 is 1.40 bits per heavy atom. The molecule has 1 aromatic carbocycles. The van der Waals surface area contributed by atoms with Crippen molar-refractivity contribution in [3.8, 4) is 5.75 Å². The first-order valence-corrected chi connectivity index (χ1v) is 8.59. The van der Waals surface area contributed by atoms with Crippen LogP contribution in [-0.2, 0) is 6.42 Å². The second kappa shape index (κ2) is 5.72. The van der Waals surface area contributed by atoms with Gasteiger partial charge in [0.25, 0.3) is 0 Å². The summed E-state index contributed by atoms with van der Waals surface area (Å²) in [6.45, 7) is 5.95. The predicted octanol–water partition coefficient (Wildman–Crippen LogP) is 2.60. The van der Waals surface area contributed by atoms with Crippen LogP contribution in [0.3, 0.4) is 0 Å². The van der Waals surface area contributed by atoms with Crippen LogP contribution in [-0.4, -0.2) is 31.8 Å². The van der Waals surface area contributed by atoms with Gasteiger partial charge in [-0.3, -0.25) is 0 Å². The molecule has 25 heavy (non-hydrogen) atoms. The number of benzene rings is 1. The smallest absolute Gasteiger partial charge is 0.319 e. The van der Waals surface area contributed by atoms with Crippen molar-refractivity contribution in [2.45, 2.75) is 57.7 Å². The monoisotopic (exact) mass is 342 g/mol. The summed E-state index contributed by atoms with van der Waals surface area (Å²) >= 11 is 0. The maximum absolute atomic E-state index is 12.4. The van der Waals surface area contributed by atoms with Crippen LogP contribution in [0.25, 0.3) is 0 Å². The highest BCUT2D eigenvalue weighted by Crippen LogP contribution is 2.40. The van der Waals surface area contributed by atoms with E-state index in [1.165, 1.54) is 0 Å². The molecular formula is C17H22N6O2. The molecule has 2 aliphatic rings. The van der Waals surface area contributed by atoms with Crippen molar-refractivity contribution in [2.24, 2.45) is 0 Å². The third-order valence-corrected chi connectivity index (χ3v) is 4.49. The van der Waals surface area contributed by atoms with Crippen LogP contribution in [0.2, 0.25) is 0 Å². The second-order valence-corrected chi connectivity index (χ2v) is 7.37. The summed E-state index contributed by atoms with van der Waals surface area (Å²) < 4.78 is 7.79. The highest BCUT2D eigenvalue weighted by molar-refractivity contribution is 5.91. The maximum Gasteiger partial charge on any atom is 0.319 e. The summed E-state index contributed by atoms with van der Waals surface area (Å²) in [5.74, 6) is 1.42. The summed E-state index contributed by atoms with van der Waals surface area (Å²) in [5, 5.41) is 17.6. The van der Waals surface area contributed by atoms with Crippen LogP contribution in [0.15, 0.2) is 18.2 Å². The van der Waals surface area contributed by atoms with E-state index in [9.17, 15) is 4.79 Å². The third kappa shape index (κ3) is 3.16. The molecule has 0 spiro atoms. The van der Waals surface area contributed by atoms with E-state index in [-0.39, 0.29) is 17.7 Å². The molecule has 1 aliphatic heterocycles. The molecule has 8 nitrogen and oxygen atoms in total. The first-order chi connectivity index (χ1) is 11.9. The lowest BCUT2D eigenvalue weighted by molar-refractivity contribution is 0.139. The molecule has 8 heteroatoms. The Hall–Kier alpha value is -2.64. The van der Waals surface area contributed by atoms with E-state index < -0.39 is 0 Å². The Kier molecular flexibility index (Phi) is 3.63. The number of carbonyl (C=O) groups excluding carboxylic acids is 1. The van der Waals surface area contributed by atoms with Crippen molar-refractivity contribution in [3.63, 3.8) is 0 Å². The molecule has 2 amide bonds. The van der Waals surface area contributed by atoms with Crippen molar-refractivity contribution in [1.82, 2.24) is 25.5 Å². The molecule has 1 saturated carbocycles. The Morgan fingerprint density at radius 2 is 2.20 bits per heavy atom. The molecule has 0 radical (unpaired) electrons. The standard InChI is InChI=1S/C17H22N6O2/c1-10(15-20-21-22-23(15)12-7-8-12)18-16(24)19-13-6-4-5-11-9-17(2,3)25-14(11)13/h4-6,10,12H,7-9H2,1-3H3,(H2,18,19,24)/t10-/m0/s1. The minimum absolute atomic E-state index is 0.254. The number of hydrogen-bond acceptors (Lipinski definition) is 5. The van der Waals surface area contributed by atoms with E-state index in [0.29, 0.717) is 17.6 Å². The Labute approximate surface area is 145 Å². The fourth-order valence-corrected chi connectivity index (χ4v) is 3.20. The Morgan fingerprint density at radius 3 is 2.96 bits per heavy atom. The van der Waals surface area contributed by atoms with E-state index in [1.807, 2.05) is 39.0 Å². The van der Waals surface area contributed by atoms with Crippen molar-refractivity contribution in [2.75, 3.05) is 5.32 Å². The fourth-order valence-electron chi connectivity index (χ4n) is 3.20. The van der Waals surface area contributed by atoms with E-state index in [0.717, 1.165) is 30.6 Å². The van der Waals surface area contributed by atoms with Gasteiger partial charge in [0.1, 0.15) is 11.4 Å². The zero-order valence-corrected chi connectivity index (χ0v) is 14.6. The molecule has 2 heterocycles. The quantitative estimate of drug-likeness (QED) is 0.891. The minimum atomic E-state index is -0.306. The third-order valence-electron chi connectivity index (χ3n) is 4.49. The number of tetrazole rings is 1. The molecule has 0 bridgehead atoms. The molecule has 4 rings (SSSR count). The number of hydrogen-bond donors (Lipinski definition) is 2. The topological polar surface area (TPSA) is 94.0 Å². The molecule has 1 aliphatic carbocycles. The van der Waals surface area contributed by atoms with Gasteiger partial charge < -0.3 is 15.4 Å². The van der Waals surface area contributed by atoms with E-state index in [4.69, 9.17) is 4.74 Å². The van der Waals surface area contributed by atoms with Gasteiger partial charge in [-0.05, 0) is 50.1 Å². The van der Waals surface area contributed by atoms with Gasteiger partial charge in [0.15, 0.2) is 5.82 Å². The number of nitrogens with one attached hydrogen (secondary N) is 2. The van der Waals surface area contributed by atoms with Crippen LogP contribution < -0.4 is 15.4 Å². The first-order valence-electron chi connectivity index (χ1n) is 8.59. The van der Waals surface area contributed by atoms with Crippen LogP contribution >= 0.6 is 0 Å². The average molecular weight is 342 g/mol. The van der Waals surface area contributed by atoms with Gasteiger partial charge in [-0.1, -0.05) is 12.1 Å². The molecule has 2 aromatic rings. The number of carbonyl (C=O) groups is 1. The largest absolute Gasteiger partial charge is 0.485 e. The van der Waals surface area contributed by atoms with Crippen LogP contribution in [0.4, 0.5) is 10.5 Å². The fraction of sp³-hybridized carbons (Fsp3) is 0.529. The van der Waals surface area contributed by atoms with Crippen molar-refractivity contribution in [1.29, 1.82) is 0 Å². The van der Waals surface area contributed by atoms with Gasteiger partial charge in [-0.2, -0.15) is 0 Å². The molecule has 1 aromatic heterocycles. The van der Waals surface area contributed by atoms with Crippen molar-refractivity contribution in [3.05, 3.63) is 29.6 Å². The number of amides is 2. The molecule has 2 N–H and O–H groups in total. The molecule has 0 unspecified atom stereocenters. The van der Waals surface area contributed by atoms with Crippen LogP contribution in [0.5, 0.6) is 5.75 Å². The van der Waals surface area contributed by atoms with E-state index >= 15 is 0 Å². The Balaban J connectivity index is 1.45. The summed E-state index contributed by atoms with van der Waals surface area (Å²) in [5.41, 5.74) is 1.53. The number of ether oxygens (including phenoxy) is 1. The predicted molar refractivity (Wildman–Crippen MR) is 91.5 cm³/mol. The lowest BCUT2D eigenvalue weighted by Crippen LogP contribution is -2.33. The summed E-state index contributed by atoms with van der Waals surface area (Å²) in [7, 11) is 0. The van der Waals surface area contributed by atoms with Gasteiger partial charge in [-0.15, -0.1) is 5.10 Å². The SMILES string of the molecule is C[C@H](NC(=O)Nc1cccc2c1OC(C)(C)C2)c1nnnn1C1CC1. The number of anilines is 1. The number of rotatable bonds is 4. The highest BCUT2D eigenvalue weighted by atomic mass is 16.5. The van der Waals surface area contributed by atoms with E-state index in [2.05, 4.69) is 26.2 Å². The maximum atomic E-state index is 12.4. The summed E-state index contributed by atoms with van der Waals surface area (Å²) in [6.07, 6.45) is 2.99. The number of nitrogens with zero attached hydrogens (tertiary/aromatic N) is 4. The molecule has 0 saturated heterocycles. The number of para-hydroxylation sites is 1. The van der Waals surface area contributed by atoms with Crippen molar-refractivity contribution >= 4 is 11.7 Å². The number of aromatic nitrogens is 4. The molecule has 1 atom stereocenters. The number of urea groups is 1. The van der Waals surface area contributed by atoms with Crippen molar-refractivity contribution < 1.29 is 9.53 Å². The summed E-state index contributed by atoms with van der Waals surface area (Å²) in [6, 6.07) is 5.57. The lowest BCUT2D eigenvalue weighted by Gasteiger charge is -2.19. The average Bonchev–Trinajstić information content (AvgIpc) is 3.15. The zero-order valence-electron chi connectivity index (χ0n) is 14.6. The normalized spacial score (nSPS) is 19.0.